The third kappa shape index (κ3) is 1.81. The van der Waals surface area contributed by atoms with E-state index in [0.29, 0.717) is 11.8 Å². The van der Waals surface area contributed by atoms with E-state index in [9.17, 15) is 0 Å². The highest BCUT2D eigenvalue weighted by molar-refractivity contribution is 6.30. The summed E-state index contributed by atoms with van der Waals surface area (Å²) in [5.41, 5.74) is 2.26. The highest BCUT2D eigenvalue weighted by Gasteiger charge is 2.39. The van der Waals surface area contributed by atoms with Crippen LogP contribution in [0.1, 0.15) is 23.1 Å². The predicted molar refractivity (Wildman–Crippen MR) is 78.7 cm³/mol. The van der Waals surface area contributed by atoms with E-state index in [-0.39, 0.29) is 0 Å². The Morgan fingerprint density at radius 3 is 2.95 bits per heavy atom. The molecule has 2 unspecified atom stereocenters. The number of benzene rings is 1. The summed E-state index contributed by atoms with van der Waals surface area (Å²) in [6.45, 7) is 2.02. The molecule has 1 aromatic heterocycles. The van der Waals surface area contributed by atoms with Crippen molar-refractivity contribution in [2.24, 2.45) is 0 Å². The van der Waals surface area contributed by atoms with Crippen LogP contribution in [0.2, 0.25) is 5.02 Å². The van der Waals surface area contributed by atoms with Crippen molar-refractivity contribution >= 4 is 11.6 Å². The van der Waals surface area contributed by atoms with Gasteiger partial charge in [-0.15, -0.1) is 0 Å². The molecule has 1 saturated heterocycles. The number of likely N-dealkylation sites (N-methyl/N-ethyl adjacent to an activating group) is 1. The summed E-state index contributed by atoms with van der Waals surface area (Å²) in [5.74, 6) is 2.55. The second-order valence-corrected chi connectivity index (χ2v) is 6.04. The minimum atomic E-state index is 0.371. The van der Waals surface area contributed by atoms with E-state index < -0.39 is 0 Å². The van der Waals surface area contributed by atoms with Gasteiger partial charge in [0.1, 0.15) is 11.5 Å². The fourth-order valence-electron chi connectivity index (χ4n) is 3.38. The van der Waals surface area contributed by atoms with Crippen LogP contribution in [0.15, 0.2) is 36.5 Å². The van der Waals surface area contributed by atoms with Crippen molar-refractivity contribution in [1.29, 1.82) is 0 Å². The molecule has 102 valence electrons. The fraction of sp³-hybridized carbons (Fsp3) is 0.312. The average Bonchev–Trinajstić information content (AvgIpc) is 2.78. The molecule has 0 radical (unpaired) electrons. The summed E-state index contributed by atoms with van der Waals surface area (Å²) in [7, 11) is 2.16. The summed E-state index contributed by atoms with van der Waals surface area (Å²) >= 11 is 6.18. The van der Waals surface area contributed by atoms with Crippen LogP contribution in [0.3, 0.4) is 0 Å². The van der Waals surface area contributed by atoms with Gasteiger partial charge in [-0.2, -0.15) is 0 Å². The Hall–Kier alpha value is -1.58. The lowest BCUT2D eigenvalue weighted by Gasteiger charge is -2.16. The quantitative estimate of drug-likeness (QED) is 0.739. The minimum Gasteiger partial charge on any atom is -0.455 e. The van der Waals surface area contributed by atoms with Crippen LogP contribution >= 0.6 is 11.6 Å². The van der Waals surface area contributed by atoms with Crippen molar-refractivity contribution in [3.8, 4) is 11.5 Å². The van der Waals surface area contributed by atoms with Crippen LogP contribution in [-0.2, 0) is 0 Å². The minimum absolute atomic E-state index is 0.371. The van der Waals surface area contributed by atoms with Crippen LogP contribution in [0.4, 0.5) is 0 Å². The van der Waals surface area contributed by atoms with E-state index in [2.05, 4.69) is 16.9 Å². The lowest BCUT2D eigenvalue weighted by atomic mass is 9.86. The third-order valence-corrected chi connectivity index (χ3v) is 4.48. The van der Waals surface area contributed by atoms with Gasteiger partial charge in [-0.1, -0.05) is 11.6 Å². The Morgan fingerprint density at radius 1 is 1.20 bits per heavy atom. The maximum absolute atomic E-state index is 6.18. The number of ether oxygens (including phenoxy) is 1. The lowest BCUT2D eigenvalue weighted by Crippen LogP contribution is -2.14. The van der Waals surface area contributed by atoms with Gasteiger partial charge in [-0.3, -0.25) is 4.98 Å². The molecular weight excluding hydrogens is 272 g/mol. The normalized spacial score (nSPS) is 24.3. The van der Waals surface area contributed by atoms with Crippen LogP contribution in [0.25, 0.3) is 0 Å². The summed E-state index contributed by atoms with van der Waals surface area (Å²) in [6, 6.07) is 9.82. The van der Waals surface area contributed by atoms with Crippen molar-refractivity contribution < 1.29 is 4.74 Å². The molecule has 4 rings (SSSR count). The van der Waals surface area contributed by atoms with Gasteiger partial charge < -0.3 is 9.64 Å². The summed E-state index contributed by atoms with van der Waals surface area (Å²) in [6.07, 6.45) is 1.85. The number of fused-ring (bicyclic) bond motifs is 5. The Labute approximate surface area is 123 Å². The van der Waals surface area contributed by atoms with E-state index in [1.165, 1.54) is 5.56 Å². The summed E-state index contributed by atoms with van der Waals surface area (Å²) < 4.78 is 6.09. The molecule has 0 aliphatic carbocycles. The largest absolute Gasteiger partial charge is 0.455 e. The Bertz CT molecular complexity index is 673. The number of aromatic nitrogens is 1. The second kappa shape index (κ2) is 4.47. The van der Waals surface area contributed by atoms with Crippen LogP contribution < -0.4 is 4.74 Å². The van der Waals surface area contributed by atoms with Crippen LogP contribution in [0, 0.1) is 0 Å². The van der Waals surface area contributed by atoms with Gasteiger partial charge >= 0.3 is 0 Å². The van der Waals surface area contributed by atoms with Crippen LogP contribution in [-0.4, -0.2) is 30.0 Å². The number of nitrogens with zero attached hydrogens (tertiary/aromatic N) is 2. The van der Waals surface area contributed by atoms with E-state index in [1.807, 2.05) is 36.5 Å². The number of hydrogen-bond donors (Lipinski definition) is 0. The Balaban J connectivity index is 1.93. The number of pyridine rings is 1. The average molecular weight is 287 g/mol. The molecule has 3 nitrogen and oxygen atoms in total. The maximum atomic E-state index is 6.18. The molecule has 0 amide bonds. The molecule has 20 heavy (non-hydrogen) atoms. The zero-order chi connectivity index (χ0) is 13.7. The molecular formula is C16H15ClN2O. The molecule has 1 aromatic carbocycles. The van der Waals surface area contributed by atoms with Gasteiger partial charge in [0.05, 0.1) is 5.69 Å². The first-order valence-electron chi connectivity index (χ1n) is 6.83. The number of halogens is 1. The van der Waals surface area contributed by atoms with E-state index in [1.54, 1.807) is 0 Å². The number of hydrogen-bond acceptors (Lipinski definition) is 3. The van der Waals surface area contributed by atoms with Crippen molar-refractivity contribution in [2.75, 3.05) is 20.1 Å². The van der Waals surface area contributed by atoms with Gasteiger partial charge in [0.15, 0.2) is 0 Å². The maximum Gasteiger partial charge on any atom is 0.149 e. The number of rotatable bonds is 0. The number of likely N-dealkylation sites (tertiary alicyclic amines) is 1. The third-order valence-electron chi connectivity index (χ3n) is 4.24. The van der Waals surface area contributed by atoms with Crippen molar-refractivity contribution in [3.63, 3.8) is 0 Å². The second-order valence-electron chi connectivity index (χ2n) is 5.61. The highest BCUT2D eigenvalue weighted by atomic mass is 35.5. The molecule has 0 saturated carbocycles. The monoisotopic (exact) mass is 286 g/mol. The van der Waals surface area contributed by atoms with Gasteiger partial charge in [0.25, 0.3) is 0 Å². The zero-order valence-corrected chi connectivity index (χ0v) is 12.0. The SMILES string of the molecule is CN1CC2c3cc(Cl)ccc3Oc3cccnc3C2C1. The first-order chi connectivity index (χ1) is 9.72. The lowest BCUT2D eigenvalue weighted by molar-refractivity contribution is 0.400. The molecule has 3 heterocycles. The summed E-state index contributed by atoms with van der Waals surface area (Å²) in [5, 5.41) is 0.763. The van der Waals surface area contributed by atoms with Gasteiger partial charge in [0, 0.05) is 41.7 Å². The van der Waals surface area contributed by atoms with E-state index >= 15 is 0 Å². The molecule has 1 fully saturated rings. The Morgan fingerprint density at radius 2 is 2.05 bits per heavy atom. The molecule has 2 atom stereocenters. The molecule has 2 aliphatic heterocycles. The van der Waals surface area contributed by atoms with Crippen molar-refractivity contribution in [2.45, 2.75) is 11.8 Å². The van der Waals surface area contributed by atoms with Gasteiger partial charge in [-0.05, 0) is 37.4 Å². The smallest absolute Gasteiger partial charge is 0.149 e. The molecule has 0 N–H and O–H groups in total. The molecule has 0 spiro atoms. The topological polar surface area (TPSA) is 25.4 Å². The van der Waals surface area contributed by atoms with Crippen LogP contribution in [0.5, 0.6) is 11.5 Å². The van der Waals surface area contributed by atoms with E-state index in [4.69, 9.17) is 16.3 Å². The fourth-order valence-corrected chi connectivity index (χ4v) is 3.56. The highest BCUT2D eigenvalue weighted by Crippen LogP contribution is 2.48. The first kappa shape index (κ1) is 12.2. The summed E-state index contributed by atoms with van der Waals surface area (Å²) in [4.78, 5) is 6.93. The molecule has 0 bridgehead atoms. The predicted octanol–water partition coefficient (Wildman–Crippen LogP) is 3.65. The van der Waals surface area contributed by atoms with E-state index in [0.717, 1.165) is 35.3 Å². The van der Waals surface area contributed by atoms with Gasteiger partial charge in [0.2, 0.25) is 0 Å². The van der Waals surface area contributed by atoms with Gasteiger partial charge in [-0.25, -0.2) is 0 Å². The Kier molecular flexibility index (Phi) is 2.72. The molecule has 4 heteroatoms. The van der Waals surface area contributed by atoms with Crippen molar-refractivity contribution in [3.05, 3.63) is 52.8 Å². The molecule has 2 aliphatic rings. The first-order valence-corrected chi connectivity index (χ1v) is 7.21. The standard InChI is InChI=1S/C16H15ClN2O/c1-19-8-12-11-7-10(17)4-5-14(11)20-15-3-2-6-18-16(15)13(12)9-19/h2-7,12-13H,8-9H2,1H3. The zero-order valence-electron chi connectivity index (χ0n) is 11.2. The molecule has 2 aromatic rings. The van der Waals surface area contributed by atoms with Crippen molar-refractivity contribution in [1.82, 2.24) is 9.88 Å².